The zero-order valence-electron chi connectivity index (χ0n) is 31.8. The van der Waals surface area contributed by atoms with E-state index in [1.54, 1.807) is 0 Å². The van der Waals surface area contributed by atoms with Gasteiger partial charge in [-0.3, -0.25) is 4.90 Å². The van der Waals surface area contributed by atoms with Gasteiger partial charge in [-0.1, -0.05) is 55.8 Å². The van der Waals surface area contributed by atoms with Crippen LogP contribution in [0.3, 0.4) is 0 Å². The fourth-order valence-electron chi connectivity index (χ4n) is 7.26. The van der Waals surface area contributed by atoms with Gasteiger partial charge in [0.15, 0.2) is 6.10 Å². The van der Waals surface area contributed by atoms with Crippen LogP contribution in [-0.2, 0) is 29.0 Å². The van der Waals surface area contributed by atoms with Gasteiger partial charge in [-0.2, -0.15) is 0 Å². The van der Waals surface area contributed by atoms with Crippen LogP contribution < -0.4 is 10.2 Å². The Morgan fingerprint density at radius 3 is 2.46 bits per heavy atom. The van der Waals surface area contributed by atoms with Crippen LogP contribution in [0.4, 0.5) is 11.5 Å². The summed E-state index contributed by atoms with van der Waals surface area (Å²) in [4.78, 5) is 25.3. The molecule has 1 atom stereocenters. The van der Waals surface area contributed by atoms with E-state index >= 15 is 0 Å². The van der Waals surface area contributed by atoms with Gasteiger partial charge in [0.1, 0.15) is 5.82 Å². The predicted octanol–water partition coefficient (Wildman–Crippen LogP) is 8.51. The number of ether oxygens (including phenoxy) is 1. The standard InChI is InChI=1S/C41H58ClN5O3/c1-27-12-10-13-33(42)32(27)26-46-21-16-29-24-30(14-15-31(29)25-46)35-36(47-22-17-41(6,7)18-23-47)34(37(39(48)49)50-40(3,4)5)28(2)44-38(35)43-19-11-20-45(8)9/h10,12-15,24,37H,11,16-23,25-26H2,1-9H3,(H,43,44)(H,48,49)/t37-/m0/s1. The molecule has 1 aromatic heterocycles. The van der Waals surface area contributed by atoms with Gasteiger partial charge in [0.25, 0.3) is 0 Å². The normalized spacial score (nSPS) is 17.1. The highest BCUT2D eigenvalue weighted by Crippen LogP contribution is 2.47. The average molecular weight is 704 g/mol. The molecule has 5 rings (SSSR count). The van der Waals surface area contributed by atoms with Crippen molar-refractivity contribution in [2.45, 2.75) is 98.9 Å². The number of nitrogens with zero attached hydrogens (tertiary/aromatic N) is 4. The Bertz CT molecular complexity index is 1650. The Morgan fingerprint density at radius 2 is 1.82 bits per heavy atom. The molecule has 2 aromatic carbocycles. The lowest BCUT2D eigenvalue weighted by atomic mass is 9.81. The second kappa shape index (κ2) is 15.6. The largest absolute Gasteiger partial charge is 0.479 e. The van der Waals surface area contributed by atoms with E-state index in [0.29, 0.717) is 11.3 Å². The number of aromatic nitrogens is 1. The Balaban J connectivity index is 1.62. The van der Waals surface area contributed by atoms with Gasteiger partial charge in [-0.15, -0.1) is 0 Å². The Labute approximate surface area is 305 Å². The summed E-state index contributed by atoms with van der Waals surface area (Å²) < 4.78 is 6.36. The fourth-order valence-corrected chi connectivity index (χ4v) is 7.54. The molecule has 9 heteroatoms. The summed E-state index contributed by atoms with van der Waals surface area (Å²) in [6, 6.07) is 12.9. The number of fused-ring (bicyclic) bond motifs is 1. The molecule has 0 bridgehead atoms. The summed E-state index contributed by atoms with van der Waals surface area (Å²) in [5.41, 5.74) is 8.90. The minimum atomic E-state index is -1.16. The number of nitrogens with one attached hydrogen (secondary N) is 1. The maximum Gasteiger partial charge on any atom is 0.337 e. The zero-order valence-corrected chi connectivity index (χ0v) is 32.5. The molecule has 0 saturated carbocycles. The molecule has 0 radical (unpaired) electrons. The van der Waals surface area contributed by atoms with Crippen LogP contribution >= 0.6 is 11.6 Å². The van der Waals surface area contributed by atoms with Gasteiger partial charge in [-0.05, 0) is 120 Å². The molecule has 1 saturated heterocycles. The number of carbonyl (C=O) groups is 1. The van der Waals surface area contributed by atoms with Gasteiger partial charge in [-0.25, -0.2) is 9.78 Å². The van der Waals surface area contributed by atoms with Crippen LogP contribution in [-0.4, -0.2) is 78.3 Å². The summed E-state index contributed by atoms with van der Waals surface area (Å²) >= 11 is 6.62. The molecule has 272 valence electrons. The van der Waals surface area contributed by atoms with E-state index in [2.05, 4.69) is 79.1 Å². The molecule has 0 aliphatic carbocycles. The second-order valence-corrected chi connectivity index (χ2v) is 16.8. The first kappa shape index (κ1) is 38.1. The molecule has 0 unspecified atom stereocenters. The first-order valence-corrected chi connectivity index (χ1v) is 18.6. The van der Waals surface area contributed by atoms with E-state index < -0.39 is 17.7 Å². The lowest BCUT2D eigenvalue weighted by Gasteiger charge is -2.41. The number of aryl methyl sites for hydroxylation is 2. The van der Waals surface area contributed by atoms with Gasteiger partial charge < -0.3 is 25.0 Å². The molecule has 0 spiro atoms. The van der Waals surface area contributed by atoms with Crippen molar-refractivity contribution in [3.05, 3.63) is 74.9 Å². The molecule has 2 N–H and O–H groups in total. The quantitative estimate of drug-likeness (QED) is 0.182. The first-order valence-electron chi connectivity index (χ1n) is 18.2. The first-order chi connectivity index (χ1) is 23.5. The highest BCUT2D eigenvalue weighted by atomic mass is 35.5. The van der Waals surface area contributed by atoms with Gasteiger partial charge in [0.05, 0.1) is 11.3 Å². The van der Waals surface area contributed by atoms with E-state index in [9.17, 15) is 9.90 Å². The predicted molar refractivity (Wildman–Crippen MR) is 207 cm³/mol. The van der Waals surface area contributed by atoms with Crippen molar-refractivity contribution in [2.75, 3.05) is 57.0 Å². The zero-order chi connectivity index (χ0) is 36.4. The number of pyridine rings is 1. The highest BCUT2D eigenvalue weighted by molar-refractivity contribution is 6.31. The smallest absolute Gasteiger partial charge is 0.337 e. The lowest BCUT2D eigenvalue weighted by molar-refractivity contribution is -0.160. The number of anilines is 2. The molecule has 1 fully saturated rings. The van der Waals surface area contributed by atoms with Gasteiger partial charge >= 0.3 is 5.97 Å². The van der Waals surface area contributed by atoms with E-state index in [1.807, 2.05) is 39.8 Å². The summed E-state index contributed by atoms with van der Waals surface area (Å²) in [7, 11) is 4.17. The molecular formula is C41H58ClN5O3. The summed E-state index contributed by atoms with van der Waals surface area (Å²) in [6.45, 7) is 20.4. The maximum absolute atomic E-state index is 13.1. The average Bonchev–Trinajstić information content (AvgIpc) is 3.03. The van der Waals surface area contributed by atoms with Gasteiger partial charge in [0.2, 0.25) is 0 Å². The second-order valence-electron chi connectivity index (χ2n) is 16.3. The monoisotopic (exact) mass is 703 g/mol. The number of rotatable bonds is 12. The summed E-state index contributed by atoms with van der Waals surface area (Å²) in [5.74, 6) is -0.198. The van der Waals surface area contributed by atoms with E-state index in [0.717, 1.165) is 99.2 Å². The minimum absolute atomic E-state index is 0.223. The molecule has 50 heavy (non-hydrogen) atoms. The molecule has 2 aliphatic heterocycles. The van der Waals surface area contributed by atoms with Crippen molar-refractivity contribution in [2.24, 2.45) is 5.41 Å². The Morgan fingerprint density at radius 1 is 1.10 bits per heavy atom. The lowest BCUT2D eigenvalue weighted by Crippen LogP contribution is -2.39. The number of hydrogen-bond donors (Lipinski definition) is 2. The summed E-state index contributed by atoms with van der Waals surface area (Å²) in [5, 5.41) is 15.2. The minimum Gasteiger partial charge on any atom is -0.479 e. The fraction of sp³-hybridized carbons (Fsp3) is 0.561. The number of benzene rings is 2. The molecule has 3 heterocycles. The molecule has 3 aromatic rings. The van der Waals surface area contributed by atoms with Crippen LogP contribution in [0.25, 0.3) is 11.1 Å². The van der Waals surface area contributed by atoms with Crippen LogP contribution in [0.5, 0.6) is 0 Å². The third-order valence-electron chi connectivity index (χ3n) is 10.2. The van der Waals surface area contributed by atoms with E-state index in [4.69, 9.17) is 21.3 Å². The number of carboxylic acid groups (broad SMARTS) is 1. The number of hydrogen-bond acceptors (Lipinski definition) is 7. The van der Waals surface area contributed by atoms with E-state index in [-0.39, 0.29) is 5.41 Å². The highest BCUT2D eigenvalue weighted by Gasteiger charge is 2.37. The third kappa shape index (κ3) is 9.19. The van der Waals surface area contributed by atoms with Crippen LogP contribution in [0.1, 0.15) is 93.5 Å². The van der Waals surface area contributed by atoms with Crippen molar-refractivity contribution in [1.82, 2.24) is 14.8 Å². The number of halogens is 1. The van der Waals surface area contributed by atoms with E-state index in [1.165, 1.54) is 22.3 Å². The van der Waals surface area contributed by atoms with Crippen LogP contribution in [0.15, 0.2) is 36.4 Å². The van der Waals surface area contributed by atoms with Gasteiger partial charge in [0, 0.05) is 61.1 Å². The number of aliphatic carboxylic acids is 1. The molecule has 2 aliphatic rings. The Kier molecular flexibility index (Phi) is 11.9. The van der Waals surface area contributed by atoms with Crippen molar-refractivity contribution in [3.63, 3.8) is 0 Å². The van der Waals surface area contributed by atoms with Crippen molar-refractivity contribution < 1.29 is 14.6 Å². The number of piperidine rings is 1. The topological polar surface area (TPSA) is 81.2 Å². The third-order valence-corrected chi connectivity index (χ3v) is 10.5. The maximum atomic E-state index is 13.1. The molecular weight excluding hydrogens is 646 g/mol. The molecule has 8 nitrogen and oxygen atoms in total. The molecule has 0 amide bonds. The SMILES string of the molecule is Cc1cccc(Cl)c1CN1CCc2cc(-c3c(NCCCN(C)C)nc(C)c([C@H](OC(C)(C)C)C(=O)O)c3N3CCC(C)(C)CC3)ccc2C1. The van der Waals surface area contributed by atoms with Crippen molar-refractivity contribution in [1.29, 1.82) is 0 Å². The van der Waals surface area contributed by atoms with Crippen molar-refractivity contribution >= 4 is 29.1 Å². The number of carboxylic acids is 1. The Hall–Kier alpha value is -3.17. The van der Waals surface area contributed by atoms with Crippen LogP contribution in [0.2, 0.25) is 5.02 Å². The summed E-state index contributed by atoms with van der Waals surface area (Å²) in [6.07, 6.45) is 2.75. The van der Waals surface area contributed by atoms with Crippen molar-refractivity contribution in [3.8, 4) is 11.1 Å². The van der Waals surface area contributed by atoms with Crippen LogP contribution in [0, 0.1) is 19.3 Å².